The first-order chi connectivity index (χ1) is 13.0. The Kier molecular flexibility index (Phi) is 5.73. The first-order valence-corrected chi connectivity index (χ1v) is 9.21. The number of amides is 2. The average Bonchev–Trinajstić information content (AvgIpc) is 2.67. The van der Waals surface area contributed by atoms with Crippen molar-refractivity contribution in [2.45, 2.75) is 20.3 Å². The fourth-order valence-electron chi connectivity index (χ4n) is 3.11. The van der Waals surface area contributed by atoms with Gasteiger partial charge in [0.2, 0.25) is 11.8 Å². The van der Waals surface area contributed by atoms with Crippen LogP contribution in [0, 0.1) is 5.92 Å². The molecular weight excluding hydrogens is 346 g/mol. The van der Waals surface area contributed by atoms with Crippen LogP contribution in [-0.4, -0.2) is 63.7 Å². The molecule has 2 aromatic rings. The number of aromatic nitrogens is 2. The van der Waals surface area contributed by atoms with Gasteiger partial charge in [0.1, 0.15) is 11.3 Å². The molecule has 3 heterocycles. The molecular formula is C19H25N5O3. The van der Waals surface area contributed by atoms with Gasteiger partial charge >= 0.3 is 0 Å². The molecule has 144 valence electrons. The Labute approximate surface area is 157 Å². The van der Waals surface area contributed by atoms with E-state index < -0.39 is 0 Å². The zero-order chi connectivity index (χ0) is 19.4. The topological polar surface area (TPSA) is 87.0 Å². The average molecular weight is 371 g/mol. The minimum atomic E-state index is -0.238. The van der Waals surface area contributed by atoms with Gasteiger partial charge in [0, 0.05) is 38.8 Å². The summed E-state index contributed by atoms with van der Waals surface area (Å²) < 4.78 is 1.44. The van der Waals surface area contributed by atoms with E-state index in [4.69, 9.17) is 0 Å². The van der Waals surface area contributed by atoms with Crippen LogP contribution in [0.1, 0.15) is 20.3 Å². The van der Waals surface area contributed by atoms with Crippen LogP contribution in [0.2, 0.25) is 0 Å². The lowest BCUT2D eigenvalue weighted by molar-refractivity contribution is -0.139. The number of carbonyl (C=O) groups excluding carboxylic acids is 2. The number of carbonyl (C=O) groups is 2. The Hall–Kier alpha value is -2.90. The summed E-state index contributed by atoms with van der Waals surface area (Å²) in [6.07, 6.45) is 3.63. The predicted octanol–water partition coefficient (Wildman–Crippen LogP) is 0.823. The molecule has 1 aliphatic heterocycles. The molecule has 0 aromatic carbocycles. The molecule has 0 bridgehead atoms. The Morgan fingerprint density at radius 2 is 1.78 bits per heavy atom. The van der Waals surface area contributed by atoms with E-state index in [2.05, 4.69) is 10.3 Å². The monoisotopic (exact) mass is 371 g/mol. The van der Waals surface area contributed by atoms with Crippen LogP contribution in [0.5, 0.6) is 0 Å². The van der Waals surface area contributed by atoms with Gasteiger partial charge in [0.25, 0.3) is 5.56 Å². The molecule has 1 fully saturated rings. The number of fused-ring (bicyclic) bond motifs is 1. The second-order valence-corrected chi connectivity index (χ2v) is 7.12. The summed E-state index contributed by atoms with van der Waals surface area (Å²) in [4.78, 5) is 44.7. The SMILES string of the molecule is CC(C)CC(=O)N1CCN(C(=O)CNc2cnc3ccccn3c2=O)CC1. The van der Waals surface area contributed by atoms with E-state index in [0.29, 0.717) is 44.2 Å². The molecule has 0 spiro atoms. The van der Waals surface area contributed by atoms with Crippen LogP contribution in [0.4, 0.5) is 5.69 Å². The third kappa shape index (κ3) is 4.45. The molecule has 8 nitrogen and oxygen atoms in total. The quantitative estimate of drug-likeness (QED) is 0.841. The molecule has 1 aliphatic rings. The van der Waals surface area contributed by atoms with Gasteiger partial charge in [-0.25, -0.2) is 4.98 Å². The first-order valence-electron chi connectivity index (χ1n) is 9.21. The lowest BCUT2D eigenvalue weighted by Gasteiger charge is -2.35. The van der Waals surface area contributed by atoms with Gasteiger partial charge in [-0.3, -0.25) is 18.8 Å². The number of piperazine rings is 1. The number of anilines is 1. The number of rotatable bonds is 5. The summed E-state index contributed by atoms with van der Waals surface area (Å²) >= 11 is 0. The van der Waals surface area contributed by atoms with Gasteiger partial charge in [-0.1, -0.05) is 19.9 Å². The van der Waals surface area contributed by atoms with Crippen molar-refractivity contribution in [2.75, 3.05) is 38.0 Å². The van der Waals surface area contributed by atoms with Crippen LogP contribution in [0.25, 0.3) is 5.65 Å². The van der Waals surface area contributed by atoms with Gasteiger partial charge in [-0.2, -0.15) is 0 Å². The lowest BCUT2D eigenvalue weighted by atomic mass is 10.1. The van der Waals surface area contributed by atoms with Gasteiger partial charge in [0.15, 0.2) is 0 Å². The van der Waals surface area contributed by atoms with Crippen molar-refractivity contribution in [3.05, 3.63) is 40.9 Å². The highest BCUT2D eigenvalue weighted by atomic mass is 16.2. The largest absolute Gasteiger partial charge is 0.370 e. The first kappa shape index (κ1) is 18.9. The standard InChI is InChI=1S/C19H25N5O3/c1-14(2)11-17(25)22-7-9-23(10-8-22)18(26)13-20-15-12-21-16-5-3-4-6-24(16)19(15)27/h3-6,12,14,20H,7-11,13H2,1-2H3. The van der Waals surface area contributed by atoms with E-state index in [-0.39, 0.29) is 29.6 Å². The molecule has 27 heavy (non-hydrogen) atoms. The van der Waals surface area contributed by atoms with Crippen molar-refractivity contribution in [2.24, 2.45) is 5.92 Å². The Morgan fingerprint density at radius 1 is 1.11 bits per heavy atom. The van der Waals surface area contributed by atoms with Crippen molar-refractivity contribution < 1.29 is 9.59 Å². The van der Waals surface area contributed by atoms with Gasteiger partial charge in [0.05, 0.1) is 12.7 Å². The van der Waals surface area contributed by atoms with Crippen molar-refractivity contribution in [3.63, 3.8) is 0 Å². The number of nitrogens with zero attached hydrogens (tertiary/aromatic N) is 4. The second-order valence-electron chi connectivity index (χ2n) is 7.12. The van der Waals surface area contributed by atoms with Crippen LogP contribution in [0.15, 0.2) is 35.4 Å². The van der Waals surface area contributed by atoms with Gasteiger partial charge < -0.3 is 15.1 Å². The van der Waals surface area contributed by atoms with Gasteiger partial charge in [-0.15, -0.1) is 0 Å². The maximum absolute atomic E-state index is 12.4. The Morgan fingerprint density at radius 3 is 2.44 bits per heavy atom. The molecule has 0 radical (unpaired) electrons. The molecule has 0 saturated carbocycles. The Balaban J connectivity index is 1.54. The van der Waals surface area contributed by atoms with Gasteiger partial charge in [-0.05, 0) is 18.1 Å². The molecule has 2 aromatic heterocycles. The van der Waals surface area contributed by atoms with Crippen LogP contribution in [-0.2, 0) is 9.59 Å². The van der Waals surface area contributed by atoms with Crippen LogP contribution in [0.3, 0.4) is 0 Å². The minimum absolute atomic E-state index is 0.0236. The number of nitrogens with one attached hydrogen (secondary N) is 1. The van der Waals surface area contributed by atoms with E-state index in [1.165, 1.54) is 10.6 Å². The highest BCUT2D eigenvalue weighted by Crippen LogP contribution is 2.09. The molecule has 0 atom stereocenters. The minimum Gasteiger partial charge on any atom is -0.370 e. The van der Waals surface area contributed by atoms with E-state index in [1.807, 2.05) is 24.8 Å². The summed E-state index contributed by atoms with van der Waals surface area (Å²) in [6.45, 7) is 6.20. The molecule has 0 unspecified atom stereocenters. The van der Waals surface area contributed by atoms with Crippen LogP contribution < -0.4 is 10.9 Å². The molecule has 1 N–H and O–H groups in total. The molecule has 3 rings (SSSR count). The Bertz CT molecular complexity index is 884. The highest BCUT2D eigenvalue weighted by Gasteiger charge is 2.24. The molecule has 2 amide bonds. The summed E-state index contributed by atoms with van der Waals surface area (Å²) in [5.74, 6) is 0.380. The predicted molar refractivity (Wildman–Crippen MR) is 103 cm³/mol. The highest BCUT2D eigenvalue weighted by molar-refractivity contribution is 5.81. The molecule has 1 saturated heterocycles. The second kappa shape index (κ2) is 8.20. The lowest BCUT2D eigenvalue weighted by Crippen LogP contribution is -2.52. The fourth-order valence-corrected chi connectivity index (χ4v) is 3.11. The van der Waals surface area contributed by atoms with E-state index >= 15 is 0 Å². The normalized spacial score (nSPS) is 14.6. The number of hydrogen-bond acceptors (Lipinski definition) is 5. The van der Waals surface area contributed by atoms with E-state index in [1.54, 1.807) is 23.2 Å². The zero-order valence-corrected chi connectivity index (χ0v) is 15.7. The van der Waals surface area contributed by atoms with E-state index in [9.17, 15) is 14.4 Å². The van der Waals surface area contributed by atoms with Crippen molar-refractivity contribution >= 4 is 23.1 Å². The molecule has 0 aliphatic carbocycles. The number of hydrogen-bond donors (Lipinski definition) is 1. The summed E-state index contributed by atoms with van der Waals surface area (Å²) in [6, 6.07) is 5.31. The summed E-state index contributed by atoms with van der Waals surface area (Å²) in [7, 11) is 0. The maximum Gasteiger partial charge on any atom is 0.281 e. The smallest absolute Gasteiger partial charge is 0.281 e. The fraction of sp³-hybridized carbons (Fsp3) is 0.474. The maximum atomic E-state index is 12.4. The number of pyridine rings is 1. The third-order valence-electron chi connectivity index (χ3n) is 4.61. The summed E-state index contributed by atoms with van der Waals surface area (Å²) in [5.41, 5.74) is 0.608. The van der Waals surface area contributed by atoms with E-state index in [0.717, 1.165) is 0 Å². The molecule has 8 heteroatoms. The zero-order valence-electron chi connectivity index (χ0n) is 15.7. The van der Waals surface area contributed by atoms with Crippen molar-refractivity contribution in [1.82, 2.24) is 19.2 Å². The van der Waals surface area contributed by atoms with Crippen molar-refractivity contribution in [1.29, 1.82) is 0 Å². The third-order valence-corrected chi connectivity index (χ3v) is 4.61. The van der Waals surface area contributed by atoms with Crippen molar-refractivity contribution in [3.8, 4) is 0 Å². The van der Waals surface area contributed by atoms with Crippen LogP contribution >= 0.6 is 0 Å². The summed E-state index contributed by atoms with van der Waals surface area (Å²) in [5, 5.41) is 2.89.